The van der Waals surface area contributed by atoms with Gasteiger partial charge in [-0.1, -0.05) is 53.7 Å². The van der Waals surface area contributed by atoms with E-state index in [9.17, 15) is 4.79 Å². The molecule has 0 bridgehead atoms. The first-order chi connectivity index (χ1) is 9.26. The Hall–Kier alpha value is -1.31. The highest BCUT2D eigenvalue weighted by Crippen LogP contribution is 2.30. The fourth-order valence-electron chi connectivity index (χ4n) is 1.91. The zero-order valence-corrected chi connectivity index (χ0v) is 13.7. The summed E-state index contributed by atoms with van der Waals surface area (Å²) in [6.45, 7) is 12.8. The van der Waals surface area contributed by atoms with Gasteiger partial charge in [-0.25, -0.2) is 0 Å². The molecular weight excluding hydrogens is 248 g/mol. The van der Waals surface area contributed by atoms with Crippen LogP contribution in [0.15, 0.2) is 24.3 Å². The molecule has 0 saturated carbocycles. The van der Waals surface area contributed by atoms with Crippen LogP contribution in [0, 0.1) is 5.41 Å². The normalized spacial score (nSPS) is 13.9. The average molecular weight is 276 g/mol. The Labute approximate surface area is 123 Å². The van der Waals surface area contributed by atoms with Gasteiger partial charge in [-0.05, 0) is 36.0 Å². The van der Waals surface area contributed by atoms with Crippen LogP contribution in [-0.2, 0) is 10.2 Å². The highest BCUT2D eigenvalue weighted by molar-refractivity contribution is 5.58. The van der Waals surface area contributed by atoms with Gasteiger partial charge in [0.25, 0.3) is 0 Å². The van der Waals surface area contributed by atoms with Crippen molar-refractivity contribution in [2.24, 2.45) is 5.41 Å². The van der Waals surface area contributed by atoms with Gasteiger partial charge in [-0.3, -0.25) is 4.79 Å². The zero-order valence-electron chi connectivity index (χ0n) is 13.7. The molecule has 2 heteroatoms. The van der Waals surface area contributed by atoms with Crippen LogP contribution in [0.5, 0.6) is 5.75 Å². The molecule has 0 fully saturated rings. The number of carbonyl (C=O) groups is 1. The molecule has 0 heterocycles. The van der Waals surface area contributed by atoms with Gasteiger partial charge in [0.15, 0.2) is 12.4 Å². The highest BCUT2D eigenvalue weighted by Gasteiger charge is 2.29. The largest absolute Gasteiger partial charge is 0.482 e. The first-order valence-corrected chi connectivity index (χ1v) is 7.49. The number of carbonyl (C=O) groups excluding carboxylic acids is 1. The molecule has 112 valence electrons. The van der Waals surface area contributed by atoms with Crippen molar-refractivity contribution in [3.8, 4) is 5.75 Å². The maximum Gasteiger partial charge on any atom is 0.161 e. The second kappa shape index (κ2) is 6.43. The van der Waals surface area contributed by atoms with Gasteiger partial charge in [-0.2, -0.15) is 0 Å². The predicted octanol–water partition coefficient (Wildman–Crippen LogP) is 4.76. The van der Waals surface area contributed by atoms with E-state index in [0.29, 0.717) is 0 Å². The van der Waals surface area contributed by atoms with Gasteiger partial charge < -0.3 is 4.74 Å². The van der Waals surface area contributed by atoms with Crippen molar-refractivity contribution in [2.75, 3.05) is 0 Å². The van der Waals surface area contributed by atoms with Gasteiger partial charge in [0.05, 0.1) is 0 Å². The number of hydrogen-bond acceptors (Lipinski definition) is 2. The minimum Gasteiger partial charge on any atom is -0.482 e. The van der Waals surface area contributed by atoms with E-state index in [2.05, 4.69) is 53.7 Å². The van der Waals surface area contributed by atoms with E-state index in [4.69, 9.17) is 4.74 Å². The lowest BCUT2D eigenvalue weighted by molar-refractivity contribution is -0.118. The number of benzene rings is 1. The lowest BCUT2D eigenvalue weighted by atomic mass is 9.82. The van der Waals surface area contributed by atoms with Crippen molar-refractivity contribution in [3.63, 3.8) is 0 Å². The standard InChI is InChI=1S/C18H28O2/c1-7-17(3,4)14-9-11-15(12-10-14)20-16(13-19)18(5,6)8-2/h9-13,16H,7-8H2,1-6H3. The Bertz CT molecular complexity index is 429. The minimum atomic E-state index is -0.405. The molecule has 0 aliphatic rings. The van der Waals surface area contributed by atoms with Gasteiger partial charge in [0, 0.05) is 5.41 Å². The van der Waals surface area contributed by atoms with Crippen molar-refractivity contribution >= 4 is 6.29 Å². The minimum absolute atomic E-state index is 0.150. The molecule has 2 nitrogen and oxygen atoms in total. The predicted molar refractivity (Wildman–Crippen MR) is 84.3 cm³/mol. The fourth-order valence-corrected chi connectivity index (χ4v) is 1.91. The third-order valence-electron chi connectivity index (χ3n) is 4.59. The summed E-state index contributed by atoms with van der Waals surface area (Å²) in [5.74, 6) is 0.763. The van der Waals surface area contributed by atoms with Gasteiger partial charge in [0.2, 0.25) is 0 Å². The van der Waals surface area contributed by atoms with Crippen LogP contribution < -0.4 is 4.74 Å². The molecule has 1 atom stereocenters. The number of rotatable bonds is 7. The molecule has 1 aromatic rings. The zero-order chi connectivity index (χ0) is 15.4. The maximum atomic E-state index is 11.3. The average Bonchev–Trinajstić information content (AvgIpc) is 2.45. The van der Waals surface area contributed by atoms with E-state index in [1.165, 1.54) is 5.56 Å². The molecular formula is C18H28O2. The monoisotopic (exact) mass is 276 g/mol. The van der Waals surface area contributed by atoms with Crippen LogP contribution in [0.1, 0.15) is 59.9 Å². The first kappa shape index (κ1) is 16.7. The second-order valence-electron chi connectivity index (χ2n) is 6.78. The van der Waals surface area contributed by atoms with Crippen LogP contribution in [-0.4, -0.2) is 12.4 Å². The fraction of sp³-hybridized carbons (Fsp3) is 0.611. The summed E-state index contributed by atoms with van der Waals surface area (Å²) in [5, 5.41) is 0. The Kier molecular flexibility index (Phi) is 5.38. The van der Waals surface area contributed by atoms with Crippen LogP contribution in [0.2, 0.25) is 0 Å². The summed E-state index contributed by atoms with van der Waals surface area (Å²) >= 11 is 0. The van der Waals surface area contributed by atoms with Gasteiger partial charge >= 0.3 is 0 Å². The van der Waals surface area contributed by atoms with E-state index in [0.717, 1.165) is 24.9 Å². The third-order valence-corrected chi connectivity index (χ3v) is 4.59. The Morgan fingerprint density at radius 3 is 2.00 bits per heavy atom. The first-order valence-electron chi connectivity index (χ1n) is 7.49. The van der Waals surface area contributed by atoms with Crippen molar-refractivity contribution in [1.29, 1.82) is 0 Å². The summed E-state index contributed by atoms with van der Waals surface area (Å²) < 4.78 is 5.85. The second-order valence-corrected chi connectivity index (χ2v) is 6.78. The van der Waals surface area contributed by atoms with E-state index in [-0.39, 0.29) is 10.8 Å². The molecule has 0 aliphatic carbocycles. The Morgan fingerprint density at radius 1 is 1.05 bits per heavy atom. The number of hydrogen-bond donors (Lipinski definition) is 0. The van der Waals surface area contributed by atoms with Crippen LogP contribution in [0.25, 0.3) is 0 Å². The summed E-state index contributed by atoms with van der Waals surface area (Å²) in [4.78, 5) is 11.3. The molecule has 0 aliphatic heterocycles. The molecule has 0 spiro atoms. The smallest absolute Gasteiger partial charge is 0.161 e. The van der Waals surface area contributed by atoms with Crippen LogP contribution in [0.4, 0.5) is 0 Å². The highest BCUT2D eigenvalue weighted by atomic mass is 16.5. The third kappa shape index (κ3) is 3.84. The number of aldehydes is 1. The summed E-state index contributed by atoms with van der Waals surface area (Å²) in [6.07, 6.45) is 2.50. The lowest BCUT2D eigenvalue weighted by Gasteiger charge is -2.30. The summed E-state index contributed by atoms with van der Waals surface area (Å²) in [7, 11) is 0. The van der Waals surface area contributed by atoms with E-state index < -0.39 is 6.10 Å². The Morgan fingerprint density at radius 2 is 1.60 bits per heavy atom. The van der Waals surface area contributed by atoms with Gasteiger partial charge in [0.1, 0.15) is 5.75 Å². The van der Waals surface area contributed by atoms with Gasteiger partial charge in [-0.15, -0.1) is 0 Å². The summed E-state index contributed by atoms with van der Waals surface area (Å²) in [5.41, 5.74) is 1.32. The number of ether oxygens (including phenoxy) is 1. The quantitative estimate of drug-likeness (QED) is 0.671. The molecule has 0 saturated heterocycles. The molecule has 0 amide bonds. The van der Waals surface area contributed by atoms with Crippen molar-refractivity contribution in [3.05, 3.63) is 29.8 Å². The molecule has 1 rings (SSSR count). The van der Waals surface area contributed by atoms with Crippen molar-refractivity contribution < 1.29 is 9.53 Å². The molecule has 1 unspecified atom stereocenters. The van der Waals surface area contributed by atoms with E-state index in [1.807, 2.05) is 12.1 Å². The van der Waals surface area contributed by atoms with Crippen molar-refractivity contribution in [1.82, 2.24) is 0 Å². The van der Waals surface area contributed by atoms with E-state index >= 15 is 0 Å². The Balaban J connectivity index is 2.87. The summed E-state index contributed by atoms with van der Waals surface area (Å²) in [6, 6.07) is 8.13. The lowest BCUT2D eigenvalue weighted by Crippen LogP contribution is -2.35. The molecule has 0 radical (unpaired) electrons. The van der Waals surface area contributed by atoms with Crippen LogP contribution in [0.3, 0.4) is 0 Å². The van der Waals surface area contributed by atoms with Crippen LogP contribution >= 0.6 is 0 Å². The molecule has 0 N–H and O–H groups in total. The maximum absolute atomic E-state index is 11.3. The topological polar surface area (TPSA) is 26.3 Å². The SMILES string of the molecule is CCC(C)(C)c1ccc(OC(C=O)C(C)(C)CC)cc1. The molecule has 0 aromatic heterocycles. The van der Waals surface area contributed by atoms with Crippen molar-refractivity contribution in [2.45, 2.75) is 65.9 Å². The molecule has 20 heavy (non-hydrogen) atoms. The molecule has 1 aromatic carbocycles. The van der Waals surface area contributed by atoms with E-state index in [1.54, 1.807) is 0 Å².